The van der Waals surface area contributed by atoms with E-state index in [4.69, 9.17) is 18.9 Å². The molecule has 0 unspecified atom stereocenters. The van der Waals surface area contributed by atoms with Crippen LogP contribution in [-0.4, -0.2) is 55.5 Å². The highest BCUT2D eigenvalue weighted by Gasteiger charge is 2.37. The van der Waals surface area contributed by atoms with Crippen molar-refractivity contribution in [2.45, 2.75) is 70.6 Å². The van der Waals surface area contributed by atoms with E-state index >= 15 is 0 Å². The third-order valence-corrected chi connectivity index (χ3v) is 5.59. The predicted molar refractivity (Wildman–Crippen MR) is 121 cm³/mol. The van der Waals surface area contributed by atoms with Crippen LogP contribution in [0.1, 0.15) is 74.8 Å². The molecule has 3 rings (SSSR count). The van der Waals surface area contributed by atoms with Crippen molar-refractivity contribution >= 4 is 12.1 Å². The van der Waals surface area contributed by atoms with Crippen molar-refractivity contribution in [1.82, 2.24) is 4.90 Å². The van der Waals surface area contributed by atoms with Crippen LogP contribution in [0.2, 0.25) is 0 Å². The fourth-order valence-electron chi connectivity index (χ4n) is 4.02. The summed E-state index contributed by atoms with van der Waals surface area (Å²) in [7, 11) is 1.36. The molecule has 1 aromatic carbocycles. The number of carbonyl (C=O) groups excluding carboxylic acids is 2. The number of amides is 1. The second-order valence-electron chi connectivity index (χ2n) is 9.23. The van der Waals surface area contributed by atoms with Gasteiger partial charge in [-0.1, -0.05) is 18.2 Å². The van der Waals surface area contributed by atoms with E-state index in [2.05, 4.69) is 12.2 Å². The second-order valence-corrected chi connectivity index (χ2v) is 9.23. The van der Waals surface area contributed by atoms with E-state index < -0.39 is 11.6 Å². The second kappa shape index (κ2) is 10.9. The summed E-state index contributed by atoms with van der Waals surface area (Å²) in [5.74, 6) is 0.175. The Balaban J connectivity index is 1.97. The standard InChI is InChI=1S/C25H35NO6/c1-25(2,3)32-24(28)26-13-12-19-17-21(26)20-11-10-18(23(27)29-4)16-22(20)31-15-9-7-5-6-8-14-30-19/h6,8,10-11,16,19,21H,5,7,9,12-15,17H2,1-4H3/b8-6-/t19-,21-/m0/s1. The van der Waals surface area contributed by atoms with Crippen LogP contribution < -0.4 is 4.74 Å². The smallest absolute Gasteiger partial charge is 0.410 e. The predicted octanol–water partition coefficient (Wildman–Crippen LogP) is 5.05. The highest BCUT2D eigenvalue weighted by atomic mass is 16.6. The molecule has 1 saturated heterocycles. The van der Waals surface area contributed by atoms with Crippen LogP contribution in [0.25, 0.3) is 0 Å². The first-order chi connectivity index (χ1) is 15.3. The van der Waals surface area contributed by atoms with Gasteiger partial charge in [-0.2, -0.15) is 0 Å². The van der Waals surface area contributed by atoms with Gasteiger partial charge in [0, 0.05) is 12.1 Å². The minimum Gasteiger partial charge on any atom is -0.493 e. The summed E-state index contributed by atoms with van der Waals surface area (Å²) in [6.07, 6.45) is 8.09. The first-order valence-corrected chi connectivity index (χ1v) is 11.4. The average Bonchev–Trinajstić information content (AvgIpc) is 2.75. The molecule has 0 N–H and O–H groups in total. The number of esters is 1. The lowest BCUT2D eigenvalue weighted by Gasteiger charge is -2.40. The topological polar surface area (TPSA) is 74.3 Å². The van der Waals surface area contributed by atoms with Gasteiger partial charge in [0.25, 0.3) is 0 Å². The summed E-state index contributed by atoms with van der Waals surface area (Å²) in [4.78, 5) is 26.9. The Morgan fingerprint density at radius 2 is 1.97 bits per heavy atom. The number of methoxy groups -OCH3 is 1. The Labute approximate surface area is 190 Å². The summed E-state index contributed by atoms with van der Waals surface area (Å²) in [6, 6.07) is 5.01. The highest BCUT2D eigenvalue weighted by molar-refractivity contribution is 5.90. The summed E-state index contributed by atoms with van der Waals surface area (Å²) in [5, 5.41) is 0. The van der Waals surface area contributed by atoms with Crippen LogP contribution in [-0.2, 0) is 14.2 Å². The van der Waals surface area contributed by atoms with Crippen LogP contribution in [0.3, 0.4) is 0 Å². The fourth-order valence-corrected chi connectivity index (χ4v) is 4.02. The molecule has 7 nitrogen and oxygen atoms in total. The maximum Gasteiger partial charge on any atom is 0.410 e. The summed E-state index contributed by atoms with van der Waals surface area (Å²) >= 11 is 0. The molecule has 2 atom stereocenters. The summed E-state index contributed by atoms with van der Waals surface area (Å²) in [5.41, 5.74) is 0.678. The molecule has 2 heterocycles. The molecule has 0 saturated carbocycles. The Bertz CT molecular complexity index is 828. The Morgan fingerprint density at radius 1 is 1.16 bits per heavy atom. The fraction of sp³-hybridized carbons (Fsp3) is 0.600. The van der Waals surface area contributed by atoms with Gasteiger partial charge >= 0.3 is 12.1 Å². The van der Waals surface area contributed by atoms with E-state index in [9.17, 15) is 9.59 Å². The van der Waals surface area contributed by atoms with Crippen LogP contribution in [0.4, 0.5) is 4.79 Å². The average molecular weight is 446 g/mol. The number of piperidine rings is 1. The third kappa shape index (κ3) is 6.48. The maximum absolute atomic E-state index is 13.1. The minimum absolute atomic E-state index is 0.0133. The third-order valence-electron chi connectivity index (χ3n) is 5.59. The first kappa shape index (κ1) is 24.1. The van der Waals surface area contributed by atoms with Crippen molar-refractivity contribution in [2.75, 3.05) is 26.9 Å². The van der Waals surface area contributed by atoms with Crippen molar-refractivity contribution in [2.24, 2.45) is 0 Å². The van der Waals surface area contributed by atoms with E-state index in [0.717, 1.165) is 31.2 Å². The number of fused-ring (bicyclic) bond motifs is 4. The zero-order valence-corrected chi connectivity index (χ0v) is 19.6. The number of benzene rings is 1. The number of hydrogen-bond acceptors (Lipinski definition) is 6. The van der Waals surface area contributed by atoms with E-state index in [1.807, 2.05) is 26.8 Å². The number of hydrogen-bond donors (Lipinski definition) is 0. The molecule has 0 aliphatic carbocycles. The van der Waals surface area contributed by atoms with Gasteiger partial charge in [0.2, 0.25) is 0 Å². The van der Waals surface area contributed by atoms with Gasteiger partial charge < -0.3 is 23.8 Å². The molecule has 176 valence electrons. The lowest BCUT2D eigenvalue weighted by atomic mass is 9.92. The highest BCUT2D eigenvalue weighted by Crippen LogP contribution is 2.39. The van der Waals surface area contributed by atoms with E-state index in [1.165, 1.54) is 7.11 Å². The molecule has 1 fully saturated rings. The molecule has 2 aliphatic heterocycles. The van der Waals surface area contributed by atoms with E-state index in [0.29, 0.717) is 37.5 Å². The van der Waals surface area contributed by atoms with Crippen molar-refractivity contribution < 1.29 is 28.5 Å². The van der Waals surface area contributed by atoms with Crippen LogP contribution in [0.5, 0.6) is 5.75 Å². The molecule has 0 aromatic heterocycles. The largest absolute Gasteiger partial charge is 0.493 e. The number of likely N-dealkylation sites (tertiary alicyclic amines) is 1. The molecule has 7 heteroatoms. The van der Waals surface area contributed by atoms with Crippen molar-refractivity contribution in [3.63, 3.8) is 0 Å². The molecule has 32 heavy (non-hydrogen) atoms. The number of ether oxygens (including phenoxy) is 4. The number of allylic oxidation sites excluding steroid dienone is 1. The maximum atomic E-state index is 13.1. The minimum atomic E-state index is -0.592. The normalized spacial score (nSPS) is 23.2. The van der Waals surface area contributed by atoms with Crippen molar-refractivity contribution in [3.05, 3.63) is 41.5 Å². The van der Waals surface area contributed by atoms with Crippen LogP contribution in [0.15, 0.2) is 30.4 Å². The van der Waals surface area contributed by atoms with E-state index in [1.54, 1.807) is 17.0 Å². The number of nitrogens with zero attached hydrogens (tertiary/aromatic N) is 1. The quantitative estimate of drug-likeness (QED) is 0.445. The first-order valence-electron chi connectivity index (χ1n) is 11.4. The molecule has 0 radical (unpaired) electrons. The van der Waals surface area contributed by atoms with E-state index in [-0.39, 0.29) is 18.2 Å². The van der Waals surface area contributed by atoms with Crippen molar-refractivity contribution in [3.8, 4) is 5.75 Å². The monoisotopic (exact) mass is 445 g/mol. The Hall–Kier alpha value is -2.54. The lowest BCUT2D eigenvalue weighted by molar-refractivity contribution is -0.0258. The molecule has 2 aliphatic rings. The van der Waals surface area contributed by atoms with Gasteiger partial charge in [-0.25, -0.2) is 9.59 Å². The molecule has 1 aromatic rings. The van der Waals surface area contributed by atoms with Gasteiger partial charge in [0.05, 0.1) is 38.0 Å². The van der Waals surface area contributed by atoms with Gasteiger partial charge in [-0.15, -0.1) is 0 Å². The molecule has 1 amide bonds. The summed E-state index contributed by atoms with van der Waals surface area (Å²) in [6.45, 7) is 7.20. The SMILES string of the molecule is COC(=O)c1ccc2c(c1)OCCCC/C=C\CO[C@H]1CCN(C(=O)OC(C)(C)C)[C@H]2C1. The zero-order valence-electron chi connectivity index (χ0n) is 19.6. The van der Waals surface area contributed by atoms with Gasteiger partial charge in [0.1, 0.15) is 11.4 Å². The van der Waals surface area contributed by atoms with Crippen LogP contribution in [0, 0.1) is 0 Å². The Kier molecular flexibility index (Phi) is 8.18. The van der Waals surface area contributed by atoms with Crippen molar-refractivity contribution in [1.29, 1.82) is 0 Å². The number of carbonyl (C=O) groups is 2. The van der Waals surface area contributed by atoms with Gasteiger partial charge in [0.15, 0.2) is 0 Å². The molecular formula is C25H35NO6. The molecule has 2 bridgehead atoms. The summed E-state index contributed by atoms with van der Waals surface area (Å²) < 4.78 is 22.8. The van der Waals surface area contributed by atoms with Gasteiger partial charge in [-0.05, 0) is 65.0 Å². The molecule has 0 spiro atoms. The van der Waals surface area contributed by atoms with Gasteiger partial charge in [-0.3, -0.25) is 0 Å². The zero-order chi connectivity index (χ0) is 23.1. The molecular weight excluding hydrogens is 410 g/mol. The number of rotatable bonds is 1. The van der Waals surface area contributed by atoms with Crippen LogP contribution >= 0.6 is 0 Å². The Morgan fingerprint density at radius 3 is 2.72 bits per heavy atom. The lowest BCUT2D eigenvalue weighted by Crippen LogP contribution is -2.45.